The first-order chi connectivity index (χ1) is 16.4. The van der Waals surface area contributed by atoms with Gasteiger partial charge in [-0.25, -0.2) is 0 Å². The van der Waals surface area contributed by atoms with Crippen molar-refractivity contribution in [3.63, 3.8) is 0 Å². The van der Waals surface area contributed by atoms with E-state index in [1.54, 1.807) is 49.4 Å². The third-order valence-corrected chi connectivity index (χ3v) is 6.64. The van der Waals surface area contributed by atoms with E-state index >= 15 is 0 Å². The second-order valence-corrected chi connectivity index (χ2v) is 10.1. The molecule has 1 unspecified atom stereocenters. The van der Waals surface area contributed by atoms with Gasteiger partial charge in [-0.05, 0) is 66.8 Å². The maximum absolute atomic E-state index is 13.4. The Hall–Kier alpha value is -3.51. The number of anilines is 1. The zero-order chi connectivity index (χ0) is 25.7. The first kappa shape index (κ1) is 24.6. The van der Waals surface area contributed by atoms with Crippen molar-refractivity contribution >= 4 is 34.7 Å². The molecule has 0 aliphatic carbocycles. The van der Waals surface area contributed by atoms with E-state index < -0.39 is 17.7 Å². The van der Waals surface area contributed by atoms with Crippen LogP contribution in [0.5, 0.6) is 5.75 Å². The van der Waals surface area contributed by atoms with Crippen molar-refractivity contribution in [3.8, 4) is 5.75 Å². The van der Waals surface area contributed by atoms with Crippen LogP contribution in [0, 0.1) is 13.8 Å². The van der Waals surface area contributed by atoms with Crippen LogP contribution in [0.2, 0.25) is 5.02 Å². The lowest BCUT2D eigenvalue weighted by atomic mass is 9.85. The van der Waals surface area contributed by atoms with Crippen molar-refractivity contribution in [1.82, 2.24) is 0 Å². The number of rotatable bonds is 4. The van der Waals surface area contributed by atoms with Crippen LogP contribution < -0.4 is 9.64 Å². The SMILES string of the molecule is COc1ccc(C(C)(C)C)cc1/C(O)=C1\C(=O)C(=O)N(c2ccc(C)c(Cl)c2)C1c1ccc(C)o1. The minimum absolute atomic E-state index is 0.0783. The molecule has 1 fully saturated rings. The molecule has 1 N–H and O–H groups in total. The third-order valence-electron chi connectivity index (χ3n) is 6.23. The lowest BCUT2D eigenvalue weighted by Crippen LogP contribution is -2.29. The minimum atomic E-state index is -0.981. The van der Waals surface area contributed by atoms with Gasteiger partial charge in [-0.1, -0.05) is 44.5 Å². The molecule has 1 saturated heterocycles. The van der Waals surface area contributed by atoms with Crippen LogP contribution in [-0.2, 0) is 15.0 Å². The fourth-order valence-corrected chi connectivity index (χ4v) is 4.38. The second-order valence-electron chi connectivity index (χ2n) is 9.72. The van der Waals surface area contributed by atoms with E-state index in [4.69, 9.17) is 20.8 Å². The number of carbonyl (C=O) groups is 2. The molecule has 0 bridgehead atoms. The van der Waals surface area contributed by atoms with E-state index in [1.807, 2.05) is 33.8 Å². The highest BCUT2D eigenvalue weighted by Gasteiger charge is 2.48. The van der Waals surface area contributed by atoms with Crippen LogP contribution in [0.15, 0.2) is 58.5 Å². The summed E-state index contributed by atoms with van der Waals surface area (Å²) in [5.74, 6) is -0.579. The van der Waals surface area contributed by atoms with E-state index in [2.05, 4.69) is 0 Å². The van der Waals surface area contributed by atoms with Gasteiger partial charge in [0.25, 0.3) is 11.7 Å². The van der Waals surface area contributed by atoms with Crippen LogP contribution in [0.1, 0.15) is 55.0 Å². The molecule has 0 radical (unpaired) electrons. The topological polar surface area (TPSA) is 80.0 Å². The fourth-order valence-electron chi connectivity index (χ4n) is 4.20. The predicted octanol–water partition coefficient (Wildman–Crippen LogP) is 6.48. The highest BCUT2D eigenvalue weighted by molar-refractivity contribution is 6.51. The number of methoxy groups -OCH3 is 1. The van der Waals surface area contributed by atoms with E-state index in [9.17, 15) is 14.7 Å². The Morgan fingerprint density at radius 2 is 1.77 bits per heavy atom. The first-order valence-corrected chi connectivity index (χ1v) is 11.6. The molecular weight excluding hydrogens is 466 g/mol. The molecule has 6 nitrogen and oxygen atoms in total. The maximum atomic E-state index is 13.4. The number of ether oxygens (including phenoxy) is 1. The number of benzene rings is 2. The summed E-state index contributed by atoms with van der Waals surface area (Å²) in [6.45, 7) is 9.76. The number of nitrogens with zero attached hydrogens (tertiary/aromatic N) is 1. The molecular formula is C28H28ClNO5. The number of aryl methyl sites for hydroxylation is 2. The monoisotopic (exact) mass is 493 g/mol. The molecule has 2 aromatic carbocycles. The van der Waals surface area contributed by atoms with Crippen LogP contribution in [0.25, 0.3) is 5.76 Å². The summed E-state index contributed by atoms with van der Waals surface area (Å²) in [6.07, 6.45) is 0. The number of aliphatic hydroxyl groups is 1. The smallest absolute Gasteiger partial charge is 0.300 e. The molecule has 1 aliphatic heterocycles. The predicted molar refractivity (Wildman–Crippen MR) is 136 cm³/mol. The van der Waals surface area contributed by atoms with Crippen molar-refractivity contribution in [2.24, 2.45) is 0 Å². The van der Waals surface area contributed by atoms with E-state index in [0.29, 0.717) is 33.5 Å². The van der Waals surface area contributed by atoms with Crippen LogP contribution in [-0.4, -0.2) is 23.9 Å². The van der Waals surface area contributed by atoms with Crippen LogP contribution in [0.3, 0.4) is 0 Å². The average molecular weight is 494 g/mol. The molecule has 35 heavy (non-hydrogen) atoms. The van der Waals surface area contributed by atoms with Gasteiger partial charge in [0.15, 0.2) is 0 Å². The van der Waals surface area contributed by atoms with Gasteiger partial charge in [0.1, 0.15) is 29.1 Å². The molecule has 1 aliphatic rings. The molecule has 182 valence electrons. The summed E-state index contributed by atoms with van der Waals surface area (Å²) in [4.78, 5) is 28.1. The standard InChI is InChI=1S/C28H28ClNO5/c1-15-7-10-18(14-20(15)29)30-24(22-11-8-16(2)35-22)23(26(32)27(30)33)25(31)19-13-17(28(3,4)5)9-12-21(19)34-6/h7-14,24,31H,1-6H3/b25-23+. The number of carbonyl (C=O) groups excluding carboxylic acids is 2. The van der Waals surface area contributed by atoms with Crippen LogP contribution >= 0.6 is 11.6 Å². The Bertz CT molecular complexity index is 1360. The Labute approximate surface area is 209 Å². The van der Waals surface area contributed by atoms with Gasteiger partial charge in [0.2, 0.25) is 0 Å². The van der Waals surface area contributed by atoms with Crippen molar-refractivity contribution in [3.05, 3.63) is 87.3 Å². The number of aliphatic hydroxyl groups excluding tert-OH is 1. The van der Waals surface area contributed by atoms with E-state index in [1.165, 1.54) is 12.0 Å². The van der Waals surface area contributed by atoms with Crippen molar-refractivity contribution < 1.29 is 23.8 Å². The van der Waals surface area contributed by atoms with Gasteiger partial charge in [0, 0.05) is 10.7 Å². The molecule has 3 aromatic rings. The van der Waals surface area contributed by atoms with E-state index in [0.717, 1.165) is 11.1 Å². The van der Waals surface area contributed by atoms with Gasteiger partial charge >= 0.3 is 0 Å². The molecule has 0 spiro atoms. The summed E-state index contributed by atoms with van der Waals surface area (Å²) in [7, 11) is 1.49. The number of hydrogen-bond acceptors (Lipinski definition) is 5. The number of Topliss-reactive ketones (excluding diaryl/α,β-unsaturated/α-hetero) is 1. The quantitative estimate of drug-likeness (QED) is 0.255. The molecule has 0 saturated carbocycles. The van der Waals surface area contributed by atoms with Crippen LogP contribution in [0.4, 0.5) is 5.69 Å². The second kappa shape index (κ2) is 8.93. The lowest BCUT2D eigenvalue weighted by Gasteiger charge is -2.24. The largest absolute Gasteiger partial charge is 0.507 e. The number of ketones is 1. The van der Waals surface area contributed by atoms with Crippen molar-refractivity contribution in [2.45, 2.75) is 46.1 Å². The van der Waals surface area contributed by atoms with Gasteiger partial charge in [-0.3, -0.25) is 14.5 Å². The highest BCUT2D eigenvalue weighted by atomic mass is 35.5. The third kappa shape index (κ3) is 4.34. The molecule has 7 heteroatoms. The molecule has 1 atom stereocenters. The van der Waals surface area contributed by atoms with Gasteiger partial charge in [0.05, 0.1) is 18.2 Å². The Kier molecular flexibility index (Phi) is 6.28. The van der Waals surface area contributed by atoms with Gasteiger partial charge in [-0.2, -0.15) is 0 Å². The van der Waals surface area contributed by atoms with Crippen molar-refractivity contribution in [2.75, 3.05) is 12.0 Å². The Morgan fingerprint density at radius 3 is 2.34 bits per heavy atom. The zero-order valence-electron chi connectivity index (χ0n) is 20.6. The summed E-state index contributed by atoms with van der Waals surface area (Å²) >= 11 is 6.34. The van der Waals surface area contributed by atoms with Crippen molar-refractivity contribution in [1.29, 1.82) is 0 Å². The normalized spacial score (nSPS) is 17.8. The van der Waals surface area contributed by atoms with Gasteiger partial charge < -0.3 is 14.3 Å². The number of amides is 1. The summed E-state index contributed by atoms with van der Waals surface area (Å²) in [5.41, 5.74) is 2.23. The van der Waals surface area contributed by atoms with E-state index in [-0.39, 0.29) is 16.7 Å². The Morgan fingerprint density at radius 1 is 1.06 bits per heavy atom. The first-order valence-electron chi connectivity index (χ1n) is 11.3. The summed E-state index contributed by atoms with van der Waals surface area (Å²) < 4.78 is 11.4. The minimum Gasteiger partial charge on any atom is -0.507 e. The highest BCUT2D eigenvalue weighted by Crippen LogP contribution is 2.44. The maximum Gasteiger partial charge on any atom is 0.300 e. The molecule has 4 rings (SSSR count). The fraction of sp³-hybridized carbons (Fsp3) is 0.286. The summed E-state index contributed by atoms with van der Waals surface area (Å²) in [5, 5.41) is 12.0. The summed E-state index contributed by atoms with van der Waals surface area (Å²) in [6, 6.07) is 13.0. The molecule has 1 aromatic heterocycles. The number of halogens is 1. The number of hydrogen-bond donors (Lipinski definition) is 1. The van der Waals surface area contributed by atoms with Gasteiger partial charge in [-0.15, -0.1) is 0 Å². The average Bonchev–Trinajstić information content (AvgIpc) is 3.35. The lowest BCUT2D eigenvalue weighted by molar-refractivity contribution is -0.132. The zero-order valence-corrected chi connectivity index (χ0v) is 21.4. The Balaban J connectivity index is 1.99. The molecule has 2 heterocycles. The number of furan rings is 1. The molecule has 1 amide bonds.